The van der Waals surface area contributed by atoms with E-state index < -0.39 is 0 Å². The van der Waals surface area contributed by atoms with Gasteiger partial charge in [-0.1, -0.05) is 17.7 Å². The van der Waals surface area contributed by atoms with Crippen molar-refractivity contribution in [2.45, 2.75) is 0 Å². The summed E-state index contributed by atoms with van der Waals surface area (Å²) in [7, 11) is 0. The van der Waals surface area contributed by atoms with E-state index in [1.165, 1.54) is 0 Å². The molecule has 0 fully saturated rings. The Morgan fingerprint density at radius 1 is 0.923 bits per heavy atom. The summed E-state index contributed by atoms with van der Waals surface area (Å²) in [6.45, 7) is 0. The van der Waals surface area contributed by atoms with Crippen molar-refractivity contribution >= 4 is 11.6 Å². The van der Waals surface area contributed by atoms with Crippen molar-refractivity contribution in [2.24, 2.45) is 0 Å². The van der Waals surface area contributed by atoms with Gasteiger partial charge in [0.2, 0.25) is 0 Å². The average Bonchev–Trinajstić information content (AvgIpc) is 2.20. The molecule has 0 aliphatic carbocycles. The molecule has 0 atom stereocenters. The van der Waals surface area contributed by atoms with E-state index in [-0.39, 0.29) is 0 Å². The lowest BCUT2D eigenvalue weighted by atomic mass is 10.3. The number of halogens is 1. The van der Waals surface area contributed by atoms with Crippen molar-refractivity contribution in [3.8, 4) is 11.4 Å². The molecule has 0 unspecified atom stereocenters. The van der Waals surface area contributed by atoms with Crippen molar-refractivity contribution < 1.29 is 0 Å². The van der Waals surface area contributed by atoms with E-state index >= 15 is 0 Å². The summed E-state index contributed by atoms with van der Waals surface area (Å²) in [5.74, 6) is 0. The number of pyridine rings is 1. The van der Waals surface area contributed by atoms with Crippen LogP contribution in [0.4, 0.5) is 0 Å². The molecule has 2 aromatic rings. The van der Waals surface area contributed by atoms with E-state index in [2.05, 4.69) is 15.0 Å². The summed E-state index contributed by atoms with van der Waals surface area (Å²) in [6, 6.07) is 5.57. The predicted octanol–water partition coefficient (Wildman–Crippen LogP) is 2.19. The lowest BCUT2D eigenvalue weighted by Gasteiger charge is -1.99. The third-order valence-electron chi connectivity index (χ3n) is 1.56. The van der Waals surface area contributed by atoms with Gasteiger partial charge < -0.3 is 0 Å². The fourth-order valence-electron chi connectivity index (χ4n) is 0.996. The van der Waals surface area contributed by atoms with E-state index in [9.17, 15) is 0 Å². The number of hydrogen-bond donors (Lipinski definition) is 0. The maximum atomic E-state index is 5.85. The highest BCUT2D eigenvalue weighted by atomic mass is 35.5. The van der Waals surface area contributed by atoms with E-state index in [1.54, 1.807) is 18.6 Å². The molecule has 0 N–H and O–H groups in total. The molecule has 13 heavy (non-hydrogen) atoms. The summed E-state index contributed by atoms with van der Waals surface area (Å²) in [4.78, 5) is 12.1. The first-order chi connectivity index (χ1) is 6.38. The fraction of sp³-hybridized carbons (Fsp3) is 0. The second-order valence-electron chi connectivity index (χ2n) is 2.41. The van der Waals surface area contributed by atoms with E-state index in [0.717, 1.165) is 5.69 Å². The van der Waals surface area contributed by atoms with Gasteiger partial charge >= 0.3 is 0 Å². The van der Waals surface area contributed by atoms with Crippen molar-refractivity contribution in [1.82, 2.24) is 15.0 Å². The largest absolute Gasteiger partial charge is 0.255 e. The minimum Gasteiger partial charge on any atom is -0.255 e. The Morgan fingerprint density at radius 2 is 1.77 bits per heavy atom. The molecule has 0 amide bonds. The molecule has 4 heteroatoms. The second kappa shape index (κ2) is 3.49. The molecule has 0 bridgehead atoms. The van der Waals surface area contributed by atoms with Crippen molar-refractivity contribution in [1.29, 1.82) is 0 Å². The van der Waals surface area contributed by atoms with Gasteiger partial charge in [0.25, 0.3) is 0 Å². The predicted molar refractivity (Wildman–Crippen MR) is 50.3 cm³/mol. The quantitative estimate of drug-likeness (QED) is 0.694. The first kappa shape index (κ1) is 8.13. The summed E-state index contributed by atoms with van der Waals surface area (Å²) in [5.41, 5.74) is 1.35. The van der Waals surface area contributed by atoms with Crippen LogP contribution < -0.4 is 0 Å². The van der Waals surface area contributed by atoms with Crippen LogP contribution >= 0.6 is 11.6 Å². The zero-order chi connectivity index (χ0) is 9.10. The van der Waals surface area contributed by atoms with Gasteiger partial charge in [-0.25, -0.2) is 9.97 Å². The topological polar surface area (TPSA) is 38.7 Å². The van der Waals surface area contributed by atoms with Gasteiger partial charge in [-0.3, -0.25) is 4.98 Å². The van der Waals surface area contributed by atoms with Gasteiger partial charge in [0.05, 0.1) is 5.69 Å². The Morgan fingerprint density at radius 3 is 2.46 bits per heavy atom. The van der Waals surface area contributed by atoms with Gasteiger partial charge in [0.15, 0.2) is 5.15 Å². The molecule has 0 aromatic carbocycles. The number of aromatic nitrogens is 3. The minimum absolute atomic E-state index is 0.376. The van der Waals surface area contributed by atoms with Crippen LogP contribution in [0, 0.1) is 0 Å². The second-order valence-corrected chi connectivity index (χ2v) is 2.77. The van der Waals surface area contributed by atoms with Crippen LogP contribution in [0.25, 0.3) is 11.4 Å². The van der Waals surface area contributed by atoms with Gasteiger partial charge in [0.1, 0.15) is 5.69 Å². The fourth-order valence-corrected chi connectivity index (χ4v) is 1.20. The van der Waals surface area contributed by atoms with Crippen LogP contribution in [0.3, 0.4) is 0 Å². The molecular weight excluding hydrogens is 186 g/mol. The third-order valence-corrected chi connectivity index (χ3v) is 1.84. The molecule has 0 aliphatic rings. The Bertz CT molecular complexity index is 403. The molecule has 0 radical (unpaired) electrons. The van der Waals surface area contributed by atoms with Crippen LogP contribution in [0.5, 0.6) is 0 Å². The first-order valence-electron chi connectivity index (χ1n) is 3.76. The minimum atomic E-state index is 0.376. The molecular formula is C9H6ClN3. The van der Waals surface area contributed by atoms with Crippen LogP contribution in [0.1, 0.15) is 0 Å². The molecule has 2 heterocycles. The van der Waals surface area contributed by atoms with Gasteiger partial charge in [-0.15, -0.1) is 0 Å². The highest BCUT2D eigenvalue weighted by Crippen LogP contribution is 2.19. The highest BCUT2D eigenvalue weighted by Gasteiger charge is 2.04. The molecule has 0 saturated heterocycles. The lowest BCUT2D eigenvalue weighted by molar-refractivity contribution is 1.18. The van der Waals surface area contributed by atoms with Crippen LogP contribution in [0.15, 0.2) is 36.8 Å². The van der Waals surface area contributed by atoms with Crippen LogP contribution in [-0.2, 0) is 0 Å². The SMILES string of the molecule is Clc1nccnc1-c1ccccn1. The zero-order valence-electron chi connectivity index (χ0n) is 6.68. The third kappa shape index (κ3) is 1.65. The highest BCUT2D eigenvalue weighted by molar-refractivity contribution is 6.31. The van der Waals surface area contributed by atoms with Crippen molar-refractivity contribution in [3.05, 3.63) is 41.9 Å². The maximum Gasteiger partial charge on any atom is 0.156 e. The maximum absolute atomic E-state index is 5.85. The Balaban J connectivity index is 2.54. The summed E-state index contributed by atoms with van der Waals surface area (Å²) in [6.07, 6.45) is 4.84. The monoisotopic (exact) mass is 191 g/mol. The molecule has 0 saturated carbocycles. The summed E-state index contributed by atoms with van der Waals surface area (Å²) >= 11 is 5.85. The first-order valence-corrected chi connectivity index (χ1v) is 4.13. The number of nitrogens with zero attached hydrogens (tertiary/aromatic N) is 3. The average molecular weight is 192 g/mol. The zero-order valence-corrected chi connectivity index (χ0v) is 7.44. The Labute approximate surface area is 80.5 Å². The molecule has 2 aromatic heterocycles. The van der Waals surface area contributed by atoms with Crippen LogP contribution in [0.2, 0.25) is 5.15 Å². The smallest absolute Gasteiger partial charge is 0.156 e. The summed E-state index contributed by atoms with van der Waals surface area (Å²) in [5, 5.41) is 0.376. The van der Waals surface area contributed by atoms with E-state index in [0.29, 0.717) is 10.8 Å². The summed E-state index contributed by atoms with van der Waals surface area (Å²) < 4.78 is 0. The number of hydrogen-bond acceptors (Lipinski definition) is 3. The molecule has 0 spiro atoms. The van der Waals surface area contributed by atoms with E-state index in [1.807, 2.05) is 18.2 Å². The van der Waals surface area contributed by atoms with Crippen LogP contribution in [-0.4, -0.2) is 15.0 Å². The van der Waals surface area contributed by atoms with Crippen molar-refractivity contribution in [3.63, 3.8) is 0 Å². The van der Waals surface area contributed by atoms with Crippen molar-refractivity contribution in [2.75, 3.05) is 0 Å². The van der Waals surface area contributed by atoms with Gasteiger partial charge in [-0.2, -0.15) is 0 Å². The standard InChI is InChI=1S/C9H6ClN3/c10-9-8(12-5-6-13-9)7-3-1-2-4-11-7/h1-6H. The lowest BCUT2D eigenvalue weighted by Crippen LogP contribution is -1.88. The Hall–Kier alpha value is -1.48. The molecule has 64 valence electrons. The molecule has 3 nitrogen and oxygen atoms in total. The van der Waals surface area contributed by atoms with Gasteiger partial charge in [0, 0.05) is 18.6 Å². The van der Waals surface area contributed by atoms with E-state index in [4.69, 9.17) is 11.6 Å². The Kier molecular flexibility index (Phi) is 2.19. The molecule has 2 rings (SSSR count). The van der Waals surface area contributed by atoms with Gasteiger partial charge in [-0.05, 0) is 12.1 Å². The normalized spacial score (nSPS) is 9.92. The molecule has 0 aliphatic heterocycles. The number of rotatable bonds is 1.